The predicted octanol–water partition coefficient (Wildman–Crippen LogP) is 2.86. The Morgan fingerprint density at radius 2 is 1.71 bits per heavy atom. The lowest BCUT2D eigenvalue weighted by Crippen LogP contribution is -2.17. The summed E-state index contributed by atoms with van der Waals surface area (Å²) in [6, 6.07) is 17.7. The van der Waals surface area contributed by atoms with Gasteiger partial charge >= 0.3 is 5.97 Å². The van der Waals surface area contributed by atoms with Crippen LogP contribution in [0.25, 0.3) is 0 Å². The van der Waals surface area contributed by atoms with Crippen molar-refractivity contribution in [1.82, 2.24) is 0 Å². The van der Waals surface area contributed by atoms with Crippen LogP contribution in [0.1, 0.15) is 23.6 Å². The van der Waals surface area contributed by atoms with Gasteiger partial charge in [-0.3, -0.25) is 4.79 Å². The Morgan fingerprint density at radius 1 is 1.05 bits per heavy atom. The van der Waals surface area contributed by atoms with Gasteiger partial charge < -0.3 is 10.5 Å². The molecule has 2 aromatic carbocycles. The second-order valence-electron chi connectivity index (χ2n) is 5.32. The standard InChI is InChI=1S/C18H21NO2/c1-14(19)10-16-8-5-9-17(11-16)12-18(20)21-13-15-6-3-2-4-7-15/h2-9,11,14H,10,12-13,19H2,1H3. The Bertz CT molecular complexity index is 579. The SMILES string of the molecule is CC(N)Cc1cccc(CC(=O)OCc2ccccc2)c1. The molecule has 0 radical (unpaired) electrons. The highest BCUT2D eigenvalue weighted by atomic mass is 16.5. The van der Waals surface area contributed by atoms with E-state index in [1.54, 1.807) is 0 Å². The Morgan fingerprint density at radius 3 is 2.43 bits per heavy atom. The van der Waals surface area contributed by atoms with Gasteiger partial charge in [0.05, 0.1) is 6.42 Å². The number of hydrogen-bond acceptors (Lipinski definition) is 3. The van der Waals surface area contributed by atoms with Crippen LogP contribution in [0, 0.1) is 0 Å². The van der Waals surface area contributed by atoms with Crippen LogP contribution < -0.4 is 5.73 Å². The molecule has 0 aliphatic heterocycles. The molecule has 1 unspecified atom stereocenters. The second-order valence-corrected chi connectivity index (χ2v) is 5.32. The summed E-state index contributed by atoms with van der Waals surface area (Å²) >= 11 is 0. The Hall–Kier alpha value is -2.13. The maximum absolute atomic E-state index is 11.9. The molecule has 0 aliphatic rings. The van der Waals surface area contributed by atoms with E-state index >= 15 is 0 Å². The fourth-order valence-electron chi connectivity index (χ4n) is 2.19. The predicted molar refractivity (Wildman–Crippen MR) is 83.7 cm³/mol. The summed E-state index contributed by atoms with van der Waals surface area (Å²) in [6.07, 6.45) is 1.10. The molecule has 21 heavy (non-hydrogen) atoms. The van der Waals surface area contributed by atoms with E-state index in [0.717, 1.165) is 23.1 Å². The first-order valence-electron chi connectivity index (χ1n) is 7.16. The smallest absolute Gasteiger partial charge is 0.310 e. The molecule has 0 fully saturated rings. The third-order valence-corrected chi connectivity index (χ3v) is 3.14. The highest BCUT2D eigenvalue weighted by Gasteiger charge is 2.06. The van der Waals surface area contributed by atoms with Crippen LogP contribution in [0.3, 0.4) is 0 Å². The summed E-state index contributed by atoms with van der Waals surface area (Å²) in [5.41, 5.74) is 8.91. The minimum atomic E-state index is -0.211. The van der Waals surface area contributed by atoms with Gasteiger partial charge in [-0.15, -0.1) is 0 Å². The van der Waals surface area contributed by atoms with Crippen molar-refractivity contribution in [2.24, 2.45) is 5.73 Å². The molecule has 2 aromatic rings. The van der Waals surface area contributed by atoms with E-state index in [9.17, 15) is 4.79 Å². The van der Waals surface area contributed by atoms with Crippen molar-refractivity contribution in [3.63, 3.8) is 0 Å². The number of rotatable bonds is 6. The van der Waals surface area contributed by atoms with Crippen LogP contribution >= 0.6 is 0 Å². The number of carbonyl (C=O) groups excluding carboxylic acids is 1. The normalized spacial score (nSPS) is 11.9. The lowest BCUT2D eigenvalue weighted by molar-refractivity contribution is -0.144. The van der Waals surface area contributed by atoms with Crippen LogP contribution in [-0.4, -0.2) is 12.0 Å². The van der Waals surface area contributed by atoms with Gasteiger partial charge in [-0.05, 0) is 30.0 Å². The first kappa shape index (κ1) is 15.3. The Labute approximate surface area is 125 Å². The first-order valence-corrected chi connectivity index (χ1v) is 7.16. The van der Waals surface area contributed by atoms with Gasteiger partial charge in [-0.2, -0.15) is 0 Å². The van der Waals surface area contributed by atoms with E-state index in [2.05, 4.69) is 0 Å². The van der Waals surface area contributed by atoms with E-state index in [1.807, 2.05) is 61.5 Å². The van der Waals surface area contributed by atoms with Crippen molar-refractivity contribution in [3.8, 4) is 0 Å². The summed E-state index contributed by atoms with van der Waals surface area (Å²) in [4.78, 5) is 11.9. The third kappa shape index (κ3) is 5.40. The maximum Gasteiger partial charge on any atom is 0.310 e. The number of nitrogens with two attached hydrogens (primary N) is 1. The first-order chi connectivity index (χ1) is 10.1. The van der Waals surface area contributed by atoms with E-state index < -0.39 is 0 Å². The number of ether oxygens (including phenoxy) is 1. The van der Waals surface area contributed by atoms with E-state index in [4.69, 9.17) is 10.5 Å². The van der Waals surface area contributed by atoms with Crippen molar-refractivity contribution in [2.45, 2.75) is 32.4 Å². The summed E-state index contributed by atoms with van der Waals surface area (Å²) in [7, 11) is 0. The average molecular weight is 283 g/mol. The number of esters is 1. The molecule has 0 aliphatic carbocycles. The quantitative estimate of drug-likeness (QED) is 0.829. The molecular weight excluding hydrogens is 262 g/mol. The van der Waals surface area contributed by atoms with Gasteiger partial charge in [0.25, 0.3) is 0 Å². The second kappa shape index (κ2) is 7.60. The van der Waals surface area contributed by atoms with Crippen LogP contribution in [0.15, 0.2) is 54.6 Å². The number of hydrogen-bond donors (Lipinski definition) is 1. The minimum Gasteiger partial charge on any atom is -0.461 e. The molecule has 0 saturated carbocycles. The zero-order valence-corrected chi connectivity index (χ0v) is 12.3. The molecule has 1 atom stereocenters. The molecule has 2 rings (SSSR count). The molecule has 0 bridgehead atoms. The van der Waals surface area contributed by atoms with E-state index in [0.29, 0.717) is 13.0 Å². The largest absolute Gasteiger partial charge is 0.461 e. The van der Waals surface area contributed by atoms with Gasteiger partial charge in [-0.25, -0.2) is 0 Å². The summed E-state index contributed by atoms with van der Waals surface area (Å²) < 4.78 is 5.29. The van der Waals surface area contributed by atoms with Crippen molar-refractivity contribution in [3.05, 3.63) is 71.3 Å². The zero-order chi connectivity index (χ0) is 15.1. The van der Waals surface area contributed by atoms with E-state index in [1.165, 1.54) is 0 Å². The zero-order valence-electron chi connectivity index (χ0n) is 12.3. The average Bonchev–Trinajstić information content (AvgIpc) is 2.46. The molecule has 3 nitrogen and oxygen atoms in total. The lowest BCUT2D eigenvalue weighted by atomic mass is 10.0. The maximum atomic E-state index is 11.9. The molecule has 0 saturated heterocycles. The Kier molecular flexibility index (Phi) is 5.52. The van der Waals surface area contributed by atoms with Crippen molar-refractivity contribution in [1.29, 1.82) is 0 Å². The van der Waals surface area contributed by atoms with Crippen LogP contribution in [0.5, 0.6) is 0 Å². The highest BCUT2D eigenvalue weighted by Crippen LogP contribution is 2.09. The molecule has 0 spiro atoms. The van der Waals surface area contributed by atoms with Gasteiger partial charge in [0.15, 0.2) is 0 Å². The summed E-state index contributed by atoms with van der Waals surface area (Å²) in [6.45, 7) is 2.29. The minimum absolute atomic E-state index is 0.116. The Balaban J connectivity index is 1.87. The molecule has 110 valence electrons. The van der Waals surface area contributed by atoms with Gasteiger partial charge in [0.1, 0.15) is 6.61 Å². The number of benzene rings is 2. The fraction of sp³-hybridized carbons (Fsp3) is 0.278. The molecule has 0 heterocycles. The summed E-state index contributed by atoms with van der Waals surface area (Å²) in [5.74, 6) is -0.211. The van der Waals surface area contributed by atoms with Crippen LogP contribution in [0.4, 0.5) is 0 Å². The lowest BCUT2D eigenvalue weighted by Gasteiger charge is -2.08. The van der Waals surface area contributed by atoms with Crippen molar-refractivity contribution < 1.29 is 9.53 Å². The summed E-state index contributed by atoms with van der Waals surface area (Å²) in [5, 5.41) is 0. The molecule has 0 aromatic heterocycles. The molecule has 0 amide bonds. The van der Waals surface area contributed by atoms with Crippen molar-refractivity contribution in [2.75, 3.05) is 0 Å². The molecule has 3 heteroatoms. The van der Waals surface area contributed by atoms with Crippen LogP contribution in [-0.2, 0) is 29.0 Å². The number of carbonyl (C=O) groups is 1. The van der Waals surface area contributed by atoms with Gasteiger partial charge in [-0.1, -0.05) is 54.6 Å². The molecular formula is C18H21NO2. The third-order valence-electron chi connectivity index (χ3n) is 3.14. The van der Waals surface area contributed by atoms with Gasteiger partial charge in [0.2, 0.25) is 0 Å². The van der Waals surface area contributed by atoms with Crippen molar-refractivity contribution >= 4 is 5.97 Å². The van der Waals surface area contributed by atoms with E-state index in [-0.39, 0.29) is 12.0 Å². The van der Waals surface area contributed by atoms with Gasteiger partial charge in [0, 0.05) is 6.04 Å². The fourth-order valence-corrected chi connectivity index (χ4v) is 2.19. The topological polar surface area (TPSA) is 52.3 Å². The highest BCUT2D eigenvalue weighted by molar-refractivity contribution is 5.72. The monoisotopic (exact) mass is 283 g/mol. The van der Waals surface area contributed by atoms with Crippen LogP contribution in [0.2, 0.25) is 0 Å². The molecule has 2 N–H and O–H groups in total.